The maximum absolute atomic E-state index is 5.04. The van der Waals surface area contributed by atoms with E-state index in [-0.39, 0.29) is 6.04 Å². The summed E-state index contributed by atoms with van der Waals surface area (Å²) in [5.41, 5.74) is 1.29. The van der Waals surface area contributed by atoms with Crippen molar-refractivity contribution < 1.29 is 4.74 Å². The van der Waals surface area contributed by atoms with E-state index in [9.17, 15) is 0 Å². The summed E-state index contributed by atoms with van der Waals surface area (Å²) in [6, 6.07) is 10.5. The van der Waals surface area contributed by atoms with Crippen molar-refractivity contribution in [3.8, 4) is 0 Å². The smallest absolute Gasteiger partial charge is 0.167 e. The molecule has 0 saturated carbocycles. The average molecular weight is 289 g/mol. The number of ether oxygens (including phenoxy) is 1. The highest BCUT2D eigenvalue weighted by Gasteiger charge is 2.16. The van der Waals surface area contributed by atoms with E-state index < -0.39 is 0 Å². The molecule has 21 heavy (non-hydrogen) atoms. The Hall–Kier alpha value is -1.79. The molecule has 0 saturated heterocycles. The van der Waals surface area contributed by atoms with Gasteiger partial charge >= 0.3 is 0 Å². The average Bonchev–Trinajstić information content (AvgIpc) is 2.96. The van der Waals surface area contributed by atoms with Crippen LogP contribution in [-0.2, 0) is 11.3 Å². The summed E-state index contributed by atoms with van der Waals surface area (Å²) in [6.45, 7) is 6.46. The first-order chi connectivity index (χ1) is 10.2. The van der Waals surface area contributed by atoms with Crippen LogP contribution in [0.1, 0.15) is 37.2 Å². The minimum atomic E-state index is 0.0955. The Balaban J connectivity index is 1.99. The summed E-state index contributed by atoms with van der Waals surface area (Å²) >= 11 is 0. The molecule has 1 N–H and O–H groups in total. The van der Waals surface area contributed by atoms with Gasteiger partial charge in [0.05, 0.1) is 19.2 Å². The zero-order valence-corrected chi connectivity index (χ0v) is 12.9. The van der Waals surface area contributed by atoms with Gasteiger partial charge in [0, 0.05) is 19.6 Å². The molecule has 6 nitrogen and oxygen atoms in total. The van der Waals surface area contributed by atoms with E-state index in [0.29, 0.717) is 12.5 Å². The molecule has 1 aromatic carbocycles. The van der Waals surface area contributed by atoms with Crippen molar-refractivity contribution in [1.29, 1.82) is 0 Å². The maximum Gasteiger partial charge on any atom is 0.167 e. The molecule has 0 aliphatic heterocycles. The van der Waals surface area contributed by atoms with E-state index in [1.54, 1.807) is 7.11 Å². The third kappa shape index (κ3) is 4.34. The van der Waals surface area contributed by atoms with Gasteiger partial charge in [-0.3, -0.25) is 0 Å². The van der Waals surface area contributed by atoms with E-state index >= 15 is 0 Å². The minimum absolute atomic E-state index is 0.0955. The predicted octanol–water partition coefficient (Wildman–Crippen LogP) is 1.77. The van der Waals surface area contributed by atoms with Crippen LogP contribution >= 0.6 is 0 Å². The molecular formula is C15H23N5O. The SMILES string of the molecule is COCCNC(C)c1nnnn1CC(C)c1ccccc1. The molecule has 6 heteroatoms. The van der Waals surface area contributed by atoms with Crippen molar-refractivity contribution in [2.45, 2.75) is 32.4 Å². The van der Waals surface area contributed by atoms with Gasteiger partial charge in [-0.1, -0.05) is 37.3 Å². The van der Waals surface area contributed by atoms with Crippen molar-refractivity contribution in [3.05, 3.63) is 41.7 Å². The number of tetrazole rings is 1. The number of hydrogen-bond donors (Lipinski definition) is 1. The number of hydrogen-bond acceptors (Lipinski definition) is 5. The Labute approximate surface area is 125 Å². The first-order valence-electron chi connectivity index (χ1n) is 7.25. The van der Waals surface area contributed by atoms with Crippen LogP contribution in [0.3, 0.4) is 0 Å². The maximum atomic E-state index is 5.04. The molecule has 2 rings (SSSR count). The summed E-state index contributed by atoms with van der Waals surface area (Å²) in [7, 11) is 1.69. The standard InChI is InChI=1S/C15H23N5O/c1-12(14-7-5-4-6-8-14)11-20-15(17-18-19-20)13(2)16-9-10-21-3/h4-8,12-13,16H,9-11H2,1-3H3. The highest BCUT2D eigenvalue weighted by atomic mass is 16.5. The Morgan fingerprint density at radius 3 is 2.71 bits per heavy atom. The van der Waals surface area contributed by atoms with Gasteiger partial charge in [-0.2, -0.15) is 0 Å². The van der Waals surface area contributed by atoms with Crippen LogP contribution in [0.5, 0.6) is 0 Å². The summed E-state index contributed by atoms with van der Waals surface area (Å²) in [4.78, 5) is 0. The second-order valence-electron chi connectivity index (χ2n) is 5.20. The van der Waals surface area contributed by atoms with Gasteiger partial charge in [0.2, 0.25) is 0 Å². The van der Waals surface area contributed by atoms with Gasteiger partial charge in [-0.05, 0) is 22.9 Å². The Kier molecular flexibility index (Phi) is 5.83. The van der Waals surface area contributed by atoms with Crippen LogP contribution < -0.4 is 5.32 Å². The largest absolute Gasteiger partial charge is 0.383 e. The molecular weight excluding hydrogens is 266 g/mol. The van der Waals surface area contributed by atoms with Crippen LogP contribution in [0.4, 0.5) is 0 Å². The van der Waals surface area contributed by atoms with Crippen molar-refractivity contribution in [1.82, 2.24) is 25.5 Å². The number of nitrogens with zero attached hydrogens (tertiary/aromatic N) is 4. The predicted molar refractivity (Wildman–Crippen MR) is 81.0 cm³/mol. The molecule has 114 valence electrons. The molecule has 0 spiro atoms. The van der Waals surface area contributed by atoms with Crippen LogP contribution in [0.25, 0.3) is 0 Å². The third-order valence-corrected chi connectivity index (χ3v) is 3.52. The van der Waals surface area contributed by atoms with Gasteiger partial charge < -0.3 is 10.1 Å². The highest BCUT2D eigenvalue weighted by Crippen LogP contribution is 2.18. The number of benzene rings is 1. The van der Waals surface area contributed by atoms with Crippen LogP contribution in [0.2, 0.25) is 0 Å². The molecule has 2 atom stereocenters. The van der Waals surface area contributed by atoms with Crippen molar-refractivity contribution in [3.63, 3.8) is 0 Å². The number of nitrogens with one attached hydrogen (secondary N) is 1. The zero-order valence-electron chi connectivity index (χ0n) is 12.9. The normalized spacial score (nSPS) is 14.0. The lowest BCUT2D eigenvalue weighted by Gasteiger charge is -2.16. The van der Waals surface area contributed by atoms with E-state index in [0.717, 1.165) is 18.9 Å². The van der Waals surface area contributed by atoms with Crippen LogP contribution in [-0.4, -0.2) is 40.5 Å². The zero-order chi connectivity index (χ0) is 15.1. The molecule has 0 radical (unpaired) electrons. The number of methoxy groups -OCH3 is 1. The summed E-state index contributed by atoms with van der Waals surface area (Å²) in [5.74, 6) is 1.22. The molecule has 2 aromatic rings. The van der Waals surface area contributed by atoms with Gasteiger partial charge in [0.1, 0.15) is 0 Å². The monoisotopic (exact) mass is 289 g/mol. The van der Waals surface area contributed by atoms with E-state index in [1.165, 1.54) is 5.56 Å². The number of rotatable bonds is 8. The van der Waals surface area contributed by atoms with Gasteiger partial charge in [0.15, 0.2) is 5.82 Å². The van der Waals surface area contributed by atoms with Crippen LogP contribution in [0, 0.1) is 0 Å². The minimum Gasteiger partial charge on any atom is -0.383 e. The van der Waals surface area contributed by atoms with E-state index in [4.69, 9.17) is 4.74 Å². The molecule has 1 heterocycles. The quantitative estimate of drug-likeness (QED) is 0.750. The van der Waals surface area contributed by atoms with Crippen molar-refractivity contribution >= 4 is 0 Å². The lowest BCUT2D eigenvalue weighted by molar-refractivity contribution is 0.195. The lowest BCUT2D eigenvalue weighted by Crippen LogP contribution is -2.26. The highest BCUT2D eigenvalue weighted by molar-refractivity contribution is 5.18. The fourth-order valence-corrected chi connectivity index (χ4v) is 2.27. The fourth-order valence-electron chi connectivity index (χ4n) is 2.27. The Morgan fingerprint density at radius 2 is 2.00 bits per heavy atom. The number of aromatic nitrogens is 4. The van der Waals surface area contributed by atoms with E-state index in [2.05, 4.69) is 59.0 Å². The Morgan fingerprint density at radius 1 is 1.24 bits per heavy atom. The molecule has 0 amide bonds. The first-order valence-corrected chi connectivity index (χ1v) is 7.25. The second kappa shape index (κ2) is 7.85. The lowest BCUT2D eigenvalue weighted by atomic mass is 10.0. The Bertz CT molecular complexity index is 528. The molecule has 1 aromatic heterocycles. The molecule has 0 bridgehead atoms. The van der Waals surface area contributed by atoms with Gasteiger partial charge in [-0.25, -0.2) is 4.68 Å². The second-order valence-corrected chi connectivity index (χ2v) is 5.20. The van der Waals surface area contributed by atoms with Crippen LogP contribution in [0.15, 0.2) is 30.3 Å². The van der Waals surface area contributed by atoms with Crippen molar-refractivity contribution in [2.75, 3.05) is 20.3 Å². The molecule has 0 aliphatic carbocycles. The topological polar surface area (TPSA) is 64.9 Å². The molecule has 2 unspecified atom stereocenters. The fraction of sp³-hybridized carbons (Fsp3) is 0.533. The van der Waals surface area contributed by atoms with Gasteiger partial charge in [0.25, 0.3) is 0 Å². The summed E-state index contributed by atoms with van der Waals surface area (Å²) in [6.07, 6.45) is 0. The molecule has 0 fully saturated rings. The van der Waals surface area contributed by atoms with E-state index in [1.807, 2.05) is 10.7 Å². The summed E-state index contributed by atoms with van der Waals surface area (Å²) in [5, 5.41) is 15.4. The molecule has 0 aliphatic rings. The van der Waals surface area contributed by atoms with Crippen molar-refractivity contribution in [2.24, 2.45) is 0 Å². The third-order valence-electron chi connectivity index (χ3n) is 3.52. The summed E-state index contributed by atoms with van der Waals surface area (Å²) < 4.78 is 6.92. The van der Waals surface area contributed by atoms with Gasteiger partial charge in [-0.15, -0.1) is 5.10 Å². The first kappa shape index (κ1) is 15.6.